The molecule has 1 saturated heterocycles. The fourth-order valence-electron chi connectivity index (χ4n) is 1.46. The molecule has 1 fully saturated rings. The zero-order chi connectivity index (χ0) is 5.98. The van der Waals surface area contributed by atoms with Crippen LogP contribution in [0.1, 0.15) is 26.7 Å². The minimum absolute atomic E-state index is 0. The van der Waals surface area contributed by atoms with Crippen molar-refractivity contribution in [3.05, 3.63) is 0 Å². The van der Waals surface area contributed by atoms with E-state index in [1.807, 2.05) is 0 Å². The smallest absolute Gasteiger partial charge is 0.00672 e. The second-order valence-corrected chi connectivity index (χ2v) is 2.62. The first-order valence-electron chi connectivity index (χ1n) is 3.58. The molecule has 0 radical (unpaired) electrons. The Morgan fingerprint density at radius 2 is 2.10 bits per heavy atom. The lowest BCUT2D eigenvalue weighted by Gasteiger charge is -2.17. The Morgan fingerprint density at radius 1 is 1.50 bits per heavy atom. The summed E-state index contributed by atoms with van der Waals surface area (Å²) in [6, 6.07) is 0.861. The van der Waals surface area contributed by atoms with Gasteiger partial charge < -0.3 is 11.1 Å². The molecular weight excluding hydrogens is 192 g/mol. The highest BCUT2D eigenvalue weighted by Gasteiger charge is 2.16. The van der Waals surface area contributed by atoms with E-state index in [2.05, 4.69) is 18.7 Å². The van der Waals surface area contributed by atoms with E-state index in [1.165, 1.54) is 25.9 Å². The van der Waals surface area contributed by atoms with Gasteiger partial charge in [0.1, 0.15) is 0 Å². The monoisotopic (exact) mass is 210 g/mol. The van der Waals surface area contributed by atoms with Crippen LogP contribution in [0.2, 0.25) is 0 Å². The third-order valence-electron chi connectivity index (χ3n) is 2.10. The molecule has 0 bridgehead atoms. The van der Waals surface area contributed by atoms with E-state index < -0.39 is 0 Å². The van der Waals surface area contributed by atoms with Crippen molar-refractivity contribution in [1.29, 1.82) is 0 Å². The van der Waals surface area contributed by atoms with E-state index in [0.717, 1.165) is 6.04 Å². The van der Waals surface area contributed by atoms with Crippen molar-refractivity contribution >= 4 is 17.0 Å². The lowest BCUT2D eigenvalue weighted by atomic mass is 10.2. The summed E-state index contributed by atoms with van der Waals surface area (Å²) >= 11 is 0. The predicted octanol–water partition coefficient (Wildman–Crippen LogP) is 2.23. The van der Waals surface area contributed by atoms with Crippen molar-refractivity contribution in [2.75, 3.05) is 13.1 Å². The minimum Gasteiger partial charge on any atom is -0.344 e. The first-order chi connectivity index (χ1) is 3.84. The maximum absolute atomic E-state index is 2.53. The zero-order valence-electron chi connectivity index (χ0n) is 6.97. The van der Waals surface area contributed by atoms with Crippen molar-refractivity contribution in [1.82, 2.24) is 11.1 Å². The van der Waals surface area contributed by atoms with Crippen LogP contribution < -0.4 is 6.15 Å². The van der Waals surface area contributed by atoms with Gasteiger partial charge in [-0.1, -0.05) is 6.92 Å². The number of halogens is 1. The number of nitrogens with zero attached hydrogens (tertiary/aromatic N) is 1. The third kappa shape index (κ3) is 2.99. The van der Waals surface area contributed by atoms with Crippen LogP contribution >= 0.6 is 17.0 Å². The molecule has 1 aliphatic heterocycles. The topological polar surface area (TPSA) is 38.2 Å². The van der Waals surface area contributed by atoms with E-state index in [4.69, 9.17) is 0 Å². The molecule has 0 aromatic carbocycles. The Balaban J connectivity index is 0. The van der Waals surface area contributed by atoms with Crippen molar-refractivity contribution in [2.24, 2.45) is 0 Å². The lowest BCUT2D eigenvalue weighted by Crippen LogP contribution is -2.25. The first-order valence-corrected chi connectivity index (χ1v) is 3.58. The van der Waals surface area contributed by atoms with E-state index in [0.29, 0.717) is 0 Å². The summed E-state index contributed by atoms with van der Waals surface area (Å²) in [5.41, 5.74) is 0. The Labute approximate surface area is 74.3 Å². The summed E-state index contributed by atoms with van der Waals surface area (Å²) in [5.74, 6) is 0. The largest absolute Gasteiger partial charge is 0.344 e. The lowest BCUT2D eigenvalue weighted by molar-refractivity contribution is 0.284. The molecule has 0 aromatic rings. The van der Waals surface area contributed by atoms with Gasteiger partial charge >= 0.3 is 0 Å². The van der Waals surface area contributed by atoms with Gasteiger partial charge in [0.15, 0.2) is 0 Å². The highest BCUT2D eigenvalue weighted by molar-refractivity contribution is 8.93. The molecule has 64 valence electrons. The second-order valence-electron chi connectivity index (χ2n) is 2.62. The van der Waals surface area contributed by atoms with Crippen LogP contribution in [0.25, 0.3) is 0 Å². The second kappa shape index (κ2) is 6.13. The number of hydrogen-bond acceptors (Lipinski definition) is 2. The molecule has 0 aliphatic carbocycles. The summed E-state index contributed by atoms with van der Waals surface area (Å²) in [7, 11) is 0. The van der Waals surface area contributed by atoms with Crippen molar-refractivity contribution < 1.29 is 0 Å². The van der Waals surface area contributed by atoms with E-state index in [-0.39, 0.29) is 23.1 Å². The number of hydrogen-bond donors (Lipinski definition) is 1. The molecule has 1 heterocycles. The zero-order valence-corrected chi connectivity index (χ0v) is 8.68. The maximum Gasteiger partial charge on any atom is 0.00672 e. The van der Waals surface area contributed by atoms with E-state index in [1.54, 1.807) is 0 Å². The average molecular weight is 211 g/mol. The van der Waals surface area contributed by atoms with Crippen LogP contribution in [0.5, 0.6) is 0 Å². The molecule has 1 rings (SSSR count). The molecule has 0 aromatic heterocycles. The standard InChI is InChI=1S/C7H15N.BrH.H3N/c1-3-8-6-4-5-7(8)2;;/h7H,3-6H2,1-2H3;1H;1H3. The summed E-state index contributed by atoms with van der Waals surface area (Å²) < 4.78 is 0. The molecule has 3 N–H and O–H groups in total. The molecular formula is C7H19BrN2. The molecule has 3 heteroatoms. The van der Waals surface area contributed by atoms with Crippen LogP contribution in [0, 0.1) is 0 Å². The Bertz CT molecular complexity index is 78.0. The molecule has 0 spiro atoms. The summed E-state index contributed by atoms with van der Waals surface area (Å²) in [4.78, 5) is 2.53. The van der Waals surface area contributed by atoms with Gasteiger partial charge in [0.2, 0.25) is 0 Å². The summed E-state index contributed by atoms with van der Waals surface area (Å²) in [6.07, 6.45) is 2.82. The van der Waals surface area contributed by atoms with E-state index in [9.17, 15) is 0 Å². The third-order valence-corrected chi connectivity index (χ3v) is 2.10. The fourth-order valence-corrected chi connectivity index (χ4v) is 1.46. The number of rotatable bonds is 1. The van der Waals surface area contributed by atoms with E-state index >= 15 is 0 Å². The minimum atomic E-state index is 0. The highest BCUT2D eigenvalue weighted by atomic mass is 79.9. The van der Waals surface area contributed by atoms with Gasteiger partial charge in [0.25, 0.3) is 0 Å². The average Bonchev–Trinajstić information content (AvgIpc) is 2.14. The number of likely N-dealkylation sites (tertiary alicyclic amines) is 1. The van der Waals surface area contributed by atoms with Gasteiger partial charge in [-0.05, 0) is 32.9 Å². The van der Waals surface area contributed by atoms with Gasteiger partial charge in [-0.3, -0.25) is 0 Å². The molecule has 0 amide bonds. The predicted molar refractivity (Wildman–Crippen MR) is 51.3 cm³/mol. The molecule has 1 aliphatic rings. The Hall–Kier alpha value is 0.400. The molecule has 1 unspecified atom stereocenters. The Morgan fingerprint density at radius 3 is 2.30 bits per heavy atom. The van der Waals surface area contributed by atoms with Gasteiger partial charge in [0, 0.05) is 6.04 Å². The first kappa shape index (κ1) is 13.0. The van der Waals surface area contributed by atoms with Gasteiger partial charge in [-0.25, -0.2) is 0 Å². The summed E-state index contributed by atoms with van der Waals surface area (Å²) in [5, 5.41) is 0. The molecule has 2 nitrogen and oxygen atoms in total. The van der Waals surface area contributed by atoms with Crippen LogP contribution in [0.15, 0.2) is 0 Å². The quantitative estimate of drug-likeness (QED) is 0.722. The normalized spacial score (nSPS) is 25.2. The molecule has 0 saturated carbocycles. The highest BCUT2D eigenvalue weighted by Crippen LogP contribution is 2.14. The molecule has 10 heavy (non-hydrogen) atoms. The van der Waals surface area contributed by atoms with Gasteiger partial charge in [-0.2, -0.15) is 0 Å². The van der Waals surface area contributed by atoms with Crippen LogP contribution in [-0.4, -0.2) is 24.0 Å². The summed E-state index contributed by atoms with van der Waals surface area (Å²) in [6.45, 7) is 7.12. The van der Waals surface area contributed by atoms with Gasteiger partial charge in [-0.15, -0.1) is 17.0 Å². The van der Waals surface area contributed by atoms with Crippen molar-refractivity contribution in [3.8, 4) is 0 Å². The molecule has 1 atom stereocenters. The van der Waals surface area contributed by atoms with Crippen LogP contribution in [0.4, 0.5) is 0 Å². The van der Waals surface area contributed by atoms with Gasteiger partial charge in [0.05, 0.1) is 0 Å². The van der Waals surface area contributed by atoms with Crippen molar-refractivity contribution in [3.63, 3.8) is 0 Å². The maximum atomic E-state index is 2.53. The Kier molecular flexibility index (Phi) is 7.99. The van der Waals surface area contributed by atoms with Crippen molar-refractivity contribution in [2.45, 2.75) is 32.7 Å². The van der Waals surface area contributed by atoms with Crippen LogP contribution in [-0.2, 0) is 0 Å². The van der Waals surface area contributed by atoms with Crippen LogP contribution in [0.3, 0.4) is 0 Å². The SMILES string of the molecule is Br.CCN1CCCC1C.N. The fraction of sp³-hybridized carbons (Fsp3) is 1.00.